The van der Waals surface area contributed by atoms with Gasteiger partial charge in [0.05, 0.1) is 18.2 Å². The summed E-state index contributed by atoms with van der Waals surface area (Å²) in [5, 5.41) is 9.66. The van der Waals surface area contributed by atoms with Gasteiger partial charge < -0.3 is 15.4 Å². The van der Waals surface area contributed by atoms with E-state index in [1.807, 2.05) is 18.2 Å². The SMILES string of the molecule is Clc1ccc2cc1OCCCCCON1CCN(CC1)CC1CNc3ncnc(c31)N2. The van der Waals surface area contributed by atoms with Crippen LogP contribution in [-0.4, -0.2) is 72.4 Å². The number of benzene rings is 1. The van der Waals surface area contributed by atoms with Crippen LogP contribution in [0.5, 0.6) is 5.75 Å². The number of nitrogens with zero attached hydrogens (tertiary/aromatic N) is 4. The first-order chi connectivity index (χ1) is 15.3. The number of rotatable bonds is 0. The number of anilines is 3. The van der Waals surface area contributed by atoms with Gasteiger partial charge >= 0.3 is 0 Å². The molecule has 0 amide bonds. The van der Waals surface area contributed by atoms with Crippen molar-refractivity contribution in [1.82, 2.24) is 19.9 Å². The van der Waals surface area contributed by atoms with E-state index in [4.69, 9.17) is 21.2 Å². The number of aromatic nitrogens is 2. The van der Waals surface area contributed by atoms with Crippen LogP contribution in [0, 0.1) is 0 Å². The van der Waals surface area contributed by atoms with Crippen LogP contribution >= 0.6 is 11.6 Å². The average molecular weight is 445 g/mol. The van der Waals surface area contributed by atoms with Gasteiger partial charge in [-0.05, 0) is 31.4 Å². The number of hydrogen-bond acceptors (Lipinski definition) is 8. The fraction of sp³-hybridized carbons (Fsp3) is 0.545. The highest BCUT2D eigenvalue weighted by atomic mass is 35.5. The van der Waals surface area contributed by atoms with E-state index in [9.17, 15) is 0 Å². The number of hydrogen-bond donors (Lipinski definition) is 2. The molecule has 2 aromatic rings. The van der Waals surface area contributed by atoms with E-state index < -0.39 is 0 Å². The predicted octanol–water partition coefficient (Wildman–Crippen LogP) is 3.49. The van der Waals surface area contributed by atoms with E-state index in [2.05, 4.69) is 30.6 Å². The Morgan fingerprint density at radius 1 is 1.00 bits per heavy atom. The molecule has 1 fully saturated rings. The average Bonchev–Trinajstić information content (AvgIpc) is 3.19. The molecule has 1 atom stereocenters. The first-order valence-corrected chi connectivity index (χ1v) is 11.5. The number of halogens is 1. The standard InChI is InChI=1S/C22H29ClN6O2/c23-18-5-4-17-12-19(18)30-10-2-1-3-11-31-29-8-6-28(7-9-29)14-16-13-24-21-20(16)22(27-17)26-15-25-21/h4-5,12,15-16H,1-3,6-11,13-14H2,(H2,24,25,26,27). The van der Waals surface area contributed by atoms with Crippen LogP contribution in [0.4, 0.5) is 17.3 Å². The Labute approximate surface area is 187 Å². The molecule has 8 nitrogen and oxygen atoms in total. The lowest BCUT2D eigenvalue weighted by atomic mass is 10.0. The third kappa shape index (κ3) is 4.87. The minimum absolute atomic E-state index is 0.330. The van der Waals surface area contributed by atoms with Gasteiger partial charge in [-0.3, -0.25) is 9.74 Å². The molecule has 1 unspecified atom stereocenters. The molecule has 166 valence electrons. The lowest BCUT2D eigenvalue weighted by Crippen LogP contribution is -2.47. The number of fused-ring (bicyclic) bond motifs is 8. The second kappa shape index (κ2) is 9.56. The zero-order valence-electron chi connectivity index (χ0n) is 17.6. The minimum atomic E-state index is 0.330. The van der Waals surface area contributed by atoms with Crippen molar-refractivity contribution in [3.05, 3.63) is 35.1 Å². The molecule has 4 bridgehead atoms. The molecule has 4 aliphatic rings. The molecule has 31 heavy (non-hydrogen) atoms. The van der Waals surface area contributed by atoms with Crippen molar-refractivity contribution in [2.75, 3.05) is 63.1 Å². The molecule has 4 aliphatic heterocycles. The maximum atomic E-state index is 6.37. The monoisotopic (exact) mass is 444 g/mol. The number of ether oxygens (including phenoxy) is 1. The molecule has 2 N–H and O–H groups in total. The summed E-state index contributed by atoms with van der Waals surface area (Å²) in [4.78, 5) is 17.5. The van der Waals surface area contributed by atoms with Crippen molar-refractivity contribution in [3.63, 3.8) is 0 Å². The lowest BCUT2D eigenvalue weighted by molar-refractivity contribution is -0.177. The van der Waals surface area contributed by atoms with Crippen LogP contribution in [-0.2, 0) is 4.84 Å². The smallest absolute Gasteiger partial charge is 0.139 e. The summed E-state index contributed by atoms with van der Waals surface area (Å²) in [5.41, 5.74) is 2.06. The lowest BCUT2D eigenvalue weighted by Gasteiger charge is -2.35. The minimum Gasteiger partial charge on any atom is -0.492 e. The van der Waals surface area contributed by atoms with Crippen LogP contribution in [0.3, 0.4) is 0 Å². The highest BCUT2D eigenvalue weighted by Crippen LogP contribution is 2.37. The molecule has 0 aliphatic carbocycles. The quantitative estimate of drug-likeness (QED) is 0.639. The predicted molar refractivity (Wildman–Crippen MR) is 121 cm³/mol. The van der Waals surface area contributed by atoms with E-state index in [1.54, 1.807) is 6.33 Å². The summed E-state index contributed by atoms with van der Waals surface area (Å²) in [5.74, 6) is 2.78. The van der Waals surface area contributed by atoms with Crippen LogP contribution in [0.25, 0.3) is 0 Å². The Morgan fingerprint density at radius 3 is 2.74 bits per heavy atom. The summed E-state index contributed by atoms with van der Waals surface area (Å²) in [7, 11) is 0. The summed E-state index contributed by atoms with van der Waals surface area (Å²) in [6.07, 6.45) is 4.67. The van der Waals surface area contributed by atoms with Gasteiger partial charge in [-0.25, -0.2) is 9.97 Å². The van der Waals surface area contributed by atoms with E-state index >= 15 is 0 Å². The van der Waals surface area contributed by atoms with Crippen molar-refractivity contribution in [3.8, 4) is 5.75 Å². The molecular formula is C22H29ClN6O2. The molecule has 0 saturated carbocycles. The van der Waals surface area contributed by atoms with Gasteiger partial charge in [-0.1, -0.05) is 11.6 Å². The fourth-order valence-corrected chi connectivity index (χ4v) is 4.61. The summed E-state index contributed by atoms with van der Waals surface area (Å²) in [6.45, 7) is 7.15. The number of piperazine rings is 1. The third-order valence-electron chi connectivity index (χ3n) is 6.13. The normalized spacial score (nSPS) is 26.4. The molecule has 1 aromatic heterocycles. The Bertz CT molecular complexity index is 906. The molecule has 5 heterocycles. The van der Waals surface area contributed by atoms with E-state index in [0.717, 1.165) is 88.0 Å². The zero-order valence-corrected chi connectivity index (χ0v) is 18.4. The Balaban J connectivity index is 1.41. The largest absolute Gasteiger partial charge is 0.492 e. The van der Waals surface area contributed by atoms with Crippen molar-refractivity contribution in [2.24, 2.45) is 0 Å². The maximum absolute atomic E-state index is 6.37. The third-order valence-corrected chi connectivity index (χ3v) is 6.44. The first kappa shape index (κ1) is 20.8. The van der Waals surface area contributed by atoms with Crippen LogP contribution in [0.1, 0.15) is 30.7 Å². The molecule has 0 radical (unpaired) electrons. The maximum Gasteiger partial charge on any atom is 0.139 e. The topological polar surface area (TPSA) is 74.8 Å². The van der Waals surface area contributed by atoms with Gasteiger partial charge in [0.1, 0.15) is 23.7 Å². The second-order valence-electron chi connectivity index (χ2n) is 8.30. The highest BCUT2D eigenvalue weighted by molar-refractivity contribution is 6.32. The molecule has 1 saturated heterocycles. The molecule has 6 rings (SSSR count). The molecular weight excluding hydrogens is 416 g/mol. The molecule has 0 spiro atoms. The number of nitrogens with one attached hydrogen (secondary N) is 2. The van der Waals surface area contributed by atoms with Crippen molar-refractivity contribution < 1.29 is 9.57 Å². The van der Waals surface area contributed by atoms with Gasteiger partial charge in [-0.15, -0.1) is 0 Å². The van der Waals surface area contributed by atoms with Gasteiger partial charge in [0.2, 0.25) is 0 Å². The Morgan fingerprint density at radius 2 is 1.84 bits per heavy atom. The van der Waals surface area contributed by atoms with E-state index in [-0.39, 0.29) is 0 Å². The second-order valence-corrected chi connectivity index (χ2v) is 8.71. The number of hydroxylamine groups is 2. The van der Waals surface area contributed by atoms with Crippen LogP contribution in [0.2, 0.25) is 5.02 Å². The van der Waals surface area contributed by atoms with Crippen molar-refractivity contribution >= 4 is 28.9 Å². The van der Waals surface area contributed by atoms with Gasteiger partial charge in [0.15, 0.2) is 0 Å². The van der Waals surface area contributed by atoms with E-state index in [1.165, 1.54) is 0 Å². The van der Waals surface area contributed by atoms with Gasteiger partial charge in [0.25, 0.3) is 0 Å². The fourth-order valence-electron chi connectivity index (χ4n) is 4.44. The summed E-state index contributed by atoms with van der Waals surface area (Å²) < 4.78 is 5.96. The van der Waals surface area contributed by atoms with Crippen molar-refractivity contribution in [2.45, 2.75) is 25.2 Å². The summed E-state index contributed by atoms with van der Waals surface area (Å²) in [6, 6.07) is 5.77. The zero-order chi connectivity index (χ0) is 21.0. The molecule has 9 heteroatoms. The highest BCUT2D eigenvalue weighted by Gasteiger charge is 2.30. The summed E-state index contributed by atoms with van der Waals surface area (Å²) >= 11 is 6.37. The van der Waals surface area contributed by atoms with Crippen LogP contribution in [0.15, 0.2) is 24.5 Å². The molecule has 1 aromatic carbocycles. The Kier molecular flexibility index (Phi) is 6.40. The van der Waals surface area contributed by atoms with Gasteiger partial charge in [0, 0.05) is 62.5 Å². The van der Waals surface area contributed by atoms with E-state index in [0.29, 0.717) is 23.3 Å². The Hall–Kier alpha value is -2.13. The van der Waals surface area contributed by atoms with Gasteiger partial charge in [-0.2, -0.15) is 5.06 Å². The first-order valence-electron chi connectivity index (χ1n) is 11.1. The van der Waals surface area contributed by atoms with Crippen LogP contribution < -0.4 is 15.4 Å². The van der Waals surface area contributed by atoms with Crippen molar-refractivity contribution in [1.29, 1.82) is 0 Å².